The third kappa shape index (κ3) is 1.44. The van der Waals surface area contributed by atoms with Gasteiger partial charge in [0.2, 0.25) is 11.9 Å². The molecule has 1 amide bonds. The van der Waals surface area contributed by atoms with Crippen LogP contribution in [0.5, 0.6) is 0 Å². The molecule has 0 saturated carbocycles. The Balaban J connectivity index is 2.02. The van der Waals surface area contributed by atoms with E-state index in [2.05, 4.69) is 20.4 Å². The fourth-order valence-corrected chi connectivity index (χ4v) is 1.60. The van der Waals surface area contributed by atoms with Gasteiger partial charge in [0.25, 0.3) is 0 Å². The number of nitrogens with one attached hydrogen (secondary N) is 1. The van der Waals surface area contributed by atoms with Crippen LogP contribution < -0.4 is 5.32 Å². The molecule has 0 saturated heterocycles. The molecule has 0 aliphatic carbocycles. The molecular formula is C10H9N5O. The highest BCUT2D eigenvalue weighted by atomic mass is 16.2. The van der Waals surface area contributed by atoms with E-state index < -0.39 is 0 Å². The molecule has 0 unspecified atom stereocenters. The van der Waals surface area contributed by atoms with Gasteiger partial charge in [-0.1, -0.05) is 0 Å². The molecule has 6 nitrogen and oxygen atoms in total. The van der Waals surface area contributed by atoms with Crippen molar-refractivity contribution in [2.75, 3.05) is 5.32 Å². The van der Waals surface area contributed by atoms with Crippen molar-refractivity contribution in [1.82, 2.24) is 19.7 Å². The Morgan fingerprint density at radius 3 is 3.19 bits per heavy atom. The van der Waals surface area contributed by atoms with Crippen LogP contribution in [0.25, 0.3) is 11.4 Å². The minimum Gasteiger partial charge on any atom is -0.295 e. The van der Waals surface area contributed by atoms with Crippen LogP contribution in [0, 0.1) is 0 Å². The van der Waals surface area contributed by atoms with Crippen LogP contribution in [0.1, 0.15) is 6.42 Å². The Morgan fingerprint density at radius 2 is 2.38 bits per heavy atom. The van der Waals surface area contributed by atoms with Crippen molar-refractivity contribution in [1.29, 1.82) is 0 Å². The molecule has 2 aromatic heterocycles. The van der Waals surface area contributed by atoms with E-state index in [0.717, 1.165) is 5.56 Å². The van der Waals surface area contributed by atoms with E-state index in [1.165, 1.54) is 0 Å². The largest absolute Gasteiger partial charge is 0.295 e. The lowest BCUT2D eigenvalue weighted by Gasteiger charge is -2.11. The van der Waals surface area contributed by atoms with Crippen molar-refractivity contribution in [3.05, 3.63) is 24.5 Å². The van der Waals surface area contributed by atoms with E-state index in [9.17, 15) is 4.79 Å². The lowest BCUT2D eigenvalue weighted by Crippen LogP contribution is -2.23. The standard InChI is InChI=1S/C10H9N5O/c16-8-3-5-15-10(12-8)13-9(14-15)7-2-1-4-11-6-7/h1-2,4,6H,3,5H2,(H,12,13,14,16). The van der Waals surface area contributed by atoms with Crippen LogP contribution in [0.3, 0.4) is 0 Å². The summed E-state index contributed by atoms with van der Waals surface area (Å²) in [6.07, 6.45) is 3.84. The number of rotatable bonds is 1. The molecular weight excluding hydrogens is 206 g/mol. The third-order valence-electron chi connectivity index (χ3n) is 2.39. The zero-order valence-electron chi connectivity index (χ0n) is 8.42. The van der Waals surface area contributed by atoms with Crippen LogP contribution in [0.15, 0.2) is 24.5 Å². The summed E-state index contributed by atoms with van der Waals surface area (Å²) in [4.78, 5) is 19.4. The van der Waals surface area contributed by atoms with Gasteiger partial charge in [0.05, 0.1) is 6.54 Å². The molecule has 1 N–H and O–H groups in total. The maximum Gasteiger partial charge on any atom is 0.228 e. The summed E-state index contributed by atoms with van der Waals surface area (Å²) in [6.45, 7) is 0.578. The molecule has 0 atom stereocenters. The van der Waals surface area contributed by atoms with Crippen LogP contribution in [-0.4, -0.2) is 25.7 Å². The first kappa shape index (κ1) is 9.02. The molecule has 1 aliphatic heterocycles. The number of carbonyl (C=O) groups is 1. The molecule has 6 heteroatoms. The van der Waals surface area contributed by atoms with Gasteiger partial charge >= 0.3 is 0 Å². The number of nitrogens with zero attached hydrogens (tertiary/aromatic N) is 4. The topological polar surface area (TPSA) is 72.7 Å². The smallest absolute Gasteiger partial charge is 0.228 e. The number of carbonyl (C=O) groups excluding carboxylic acids is 1. The molecule has 2 aromatic rings. The van der Waals surface area contributed by atoms with Gasteiger partial charge < -0.3 is 0 Å². The highest BCUT2D eigenvalue weighted by molar-refractivity contribution is 5.90. The number of hydrogen-bond acceptors (Lipinski definition) is 4. The van der Waals surface area contributed by atoms with Gasteiger partial charge in [0, 0.05) is 24.4 Å². The molecule has 0 aromatic carbocycles. The van der Waals surface area contributed by atoms with E-state index >= 15 is 0 Å². The van der Waals surface area contributed by atoms with E-state index in [0.29, 0.717) is 24.7 Å². The molecule has 0 radical (unpaired) electrons. The van der Waals surface area contributed by atoms with Crippen molar-refractivity contribution in [3.63, 3.8) is 0 Å². The van der Waals surface area contributed by atoms with Gasteiger partial charge in [0.15, 0.2) is 5.82 Å². The monoisotopic (exact) mass is 215 g/mol. The SMILES string of the molecule is O=C1CCn2nc(-c3cccnc3)nc2N1. The highest BCUT2D eigenvalue weighted by Crippen LogP contribution is 2.18. The predicted octanol–water partition coefficient (Wildman–Crippen LogP) is 0.682. The maximum absolute atomic E-state index is 11.2. The van der Waals surface area contributed by atoms with E-state index in [1.54, 1.807) is 17.1 Å². The minimum absolute atomic E-state index is 0.0161. The Hall–Kier alpha value is -2.24. The number of amides is 1. The van der Waals surface area contributed by atoms with Crippen LogP contribution >= 0.6 is 0 Å². The zero-order chi connectivity index (χ0) is 11.0. The number of hydrogen-bond donors (Lipinski definition) is 1. The zero-order valence-corrected chi connectivity index (χ0v) is 8.42. The molecule has 0 fully saturated rings. The van der Waals surface area contributed by atoms with E-state index in [1.807, 2.05) is 12.1 Å². The summed E-state index contributed by atoms with van der Waals surface area (Å²) in [5.41, 5.74) is 0.846. The number of aryl methyl sites for hydroxylation is 1. The van der Waals surface area contributed by atoms with Crippen LogP contribution in [-0.2, 0) is 11.3 Å². The first-order chi connectivity index (χ1) is 7.83. The van der Waals surface area contributed by atoms with Crippen molar-refractivity contribution in [2.45, 2.75) is 13.0 Å². The number of fused-ring (bicyclic) bond motifs is 1. The summed E-state index contributed by atoms with van der Waals surface area (Å²) < 4.78 is 1.70. The first-order valence-corrected chi connectivity index (χ1v) is 4.98. The molecule has 3 heterocycles. The normalized spacial score (nSPS) is 14.4. The number of pyridine rings is 1. The Labute approximate surface area is 91.3 Å². The molecule has 0 bridgehead atoms. The van der Waals surface area contributed by atoms with Gasteiger partial charge in [-0.05, 0) is 12.1 Å². The predicted molar refractivity (Wildman–Crippen MR) is 56.5 cm³/mol. The van der Waals surface area contributed by atoms with Crippen molar-refractivity contribution in [2.24, 2.45) is 0 Å². The maximum atomic E-state index is 11.2. The minimum atomic E-state index is -0.0161. The van der Waals surface area contributed by atoms with Crippen molar-refractivity contribution < 1.29 is 4.79 Å². The highest BCUT2D eigenvalue weighted by Gasteiger charge is 2.18. The summed E-state index contributed by atoms with van der Waals surface area (Å²) in [7, 11) is 0. The lowest BCUT2D eigenvalue weighted by atomic mass is 10.3. The molecule has 3 rings (SSSR count). The molecule has 0 spiro atoms. The average Bonchev–Trinajstić information content (AvgIpc) is 2.73. The third-order valence-corrected chi connectivity index (χ3v) is 2.39. The van der Waals surface area contributed by atoms with Crippen LogP contribution in [0.4, 0.5) is 5.95 Å². The van der Waals surface area contributed by atoms with Gasteiger partial charge in [-0.2, -0.15) is 4.98 Å². The Bertz CT molecular complexity index is 533. The van der Waals surface area contributed by atoms with Crippen molar-refractivity contribution >= 4 is 11.9 Å². The van der Waals surface area contributed by atoms with Crippen LogP contribution in [0.2, 0.25) is 0 Å². The van der Waals surface area contributed by atoms with Crippen molar-refractivity contribution in [3.8, 4) is 11.4 Å². The molecule has 16 heavy (non-hydrogen) atoms. The number of anilines is 1. The van der Waals surface area contributed by atoms with Gasteiger partial charge in [0.1, 0.15) is 0 Å². The summed E-state index contributed by atoms with van der Waals surface area (Å²) >= 11 is 0. The van der Waals surface area contributed by atoms with E-state index in [4.69, 9.17) is 0 Å². The summed E-state index contributed by atoms with van der Waals surface area (Å²) in [5.74, 6) is 1.08. The fourth-order valence-electron chi connectivity index (χ4n) is 1.60. The average molecular weight is 215 g/mol. The Morgan fingerprint density at radius 1 is 1.44 bits per heavy atom. The second kappa shape index (κ2) is 3.41. The van der Waals surface area contributed by atoms with Gasteiger partial charge in [-0.25, -0.2) is 4.68 Å². The number of aromatic nitrogens is 4. The first-order valence-electron chi connectivity index (χ1n) is 4.98. The van der Waals surface area contributed by atoms with E-state index in [-0.39, 0.29) is 5.91 Å². The lowest BCUT2D eigenvalue weighted by molar-refractivity contribution is -0.117. The molecule has 80 valence electrons. The van der Waals surface area contributed by atoms with Gasteiger partial charge in [-0.15, -0.1) is 5.10 Å². The fraction of sp³-hybridized carbons (Fsp3) is 0.200. The Kier molecular flexibility index (Phi) is 1.92. The summed E-state index contributed by atoms with van der Waals surface area (Å²) in [5, 5.41) is 6.99. The van der Waals surface area contributed by atoms with Gasteiger partial charge in [-0.3, -0.25) is 15.1 Å². The summed E-state index contributed by atoms with van der Waals surface area (Å²) in [6, 6.07) is 3.71. The quantitative estimate of drug-likeness (QED) is 0.759. The molecule has 1 aliphatic rings. The second-order valence-corrected chi connectivity index (χ2v) is 3.52. The second-order valence-electron chi connectivity index (χ2n) is 3.52.